The molecule has 9 heteroatoms. The number of aromatic nitrogens is 4. The molecule has 0 fully saturated rings. The van der Waals surface area contributed by atoms with Crippen LogP contribution in [-0.2, 0) is 4.79 Å². The first kappa shape index (κ1) is 19.2. The molecule has 2 aromatic heterocycles. The number of anilines is 1. The van der Waals surface area contributed by atoms with Gasteiger partial charge >= 0.3 is 0 Å². The smallest absolute Gasteiger partial charge is 0.234 e. The first-order chi connectivity index (χ1) is 14.1. The predicted octanol–water partition coefficient (Wildman–Crippen LogP) is 4.21. The van der Waals surface area contributed by atoms with Gasteiger partial charge in [-0.3, -0.25) is 4.79 Å². The topological polar surface area (TPSA) is 81.9 Å². The molecule has 29 heavy (non-hydrogen) atoms. The maximum absolute atomic E-state index is 12.3. The fraction of sp³-hybridized carbons (Fsp3) is 0.100. The quantitative estimate of drug-likeness (QED) is 0.368. The summed E-state index contributed by atoms with van der Waals surface area (Å²) in [5.41, 5.74) is 2.22. The fourth-order valence-electron chi connectivity index (χ4n) is 2.71. The Morgan fingerprint density at radius 2 is 1.90 bits per heavy atom. The summed E-state index contributed by atoms with van der Waals surface area (Å²) >= 11 is 7.29. The molecule has 0 aliphatic rings. The van der Waals surface area contributed by atoms with E-state index in [0.29, 0.717) is 21.4 Å². The van der Waals surface area contributed by atoms with Gasteiger partial charge in [-0.2, -0.15) is 5.10 Å². The van der Waals surface area contributed by atoms with Gasteiger partial charge in [0.2, 0.25) is 5.91 Å². The number of nitrogens with one attached hydrogen (secondary N) is 1. The fourth-order valence-corrected chi connectivity index (χ4v) is 3.60. The second-order valence-electron chi connectivity index (χ2n) is 6.01. The summed E-state index contributed by atoms with van der Waals surface area (Å²) in [6.45, 7) is 0. The molecule has 0 aliphatic heterocycles. The molecule has 0 bridgehead atoms. The van der Waals surface area contributed by atoms with Gasteiger partial charge in [-0.1, -0.05) is 23.4 Å². The van der Waals surface area contributed by atoms with Crippen molar-refractivity contribution in [3.05, 3.63) is 66.1 Å². The number of amides is 1. The van der Waals surface area contributed by atoms with Gasteiger partial charge in [-0.25, -0.2) is 14.6 Å². The SMILES string of the molecule is COc1ccc(NC(=O)CSc2ncnc3c2cnn3-c2ccc(Cl)cc2)cc1. The zero-order valence-corrected chi connectivity index (χ0v) is 16.9. The van der Waals surface area contributed by atoms with E-state index in [1.165, 1.54) is 18.1 Å². The maximum Gasteiger partial charge on any atom is 0.234 e. The largest absolute Gasteiger partial charge is 0.497 e. The zero-order valence-electron chi connectivity index (χ0n) is 15.4. The van der Waals surface area contributed by atoms with Crippen LogP contribution in [0.5, 0.6) is 5.75 Å². The molecule has 2 heterocycles. The number of ether oxygens (including phenoxy) is 1. The molecule has 2 aromatic carbocycles. The normalized spacial score (nSPS) is 10.8. The number of hydrogen-bond donors (Lipinski definition) is 1. The lowest BCUT2D eigenvalue weighted by Crippen LogP contribution is -2.14. The van der Waals surface area contributed by atoms with Crippen LogP contribution in [0.4, 0.5) is 5.69 Å². The lowest BCUT2D eigenvalue weighted by molar-refractivity contribution is -0.113. The highest BCUT2D eigenvalue weighted by atomic mass is 35.5. The minimum absolute atomic E-state index is 0.128. The van der Waals surface area contributed by atoms with Gasteiger partial charge in [0.05, 0.1) is 30.1 Å². The molecule has 1 amide bonds. The lowest BCUT2D eigenvalue weighted by Gasteiger charge is -2.07. The Labute approximate surface area is 176 Å². The molecule has 0 atom stereocenters. The van der Waals surface area contributed by atoms with Crippen LogP contribution < -0.4 is 10.1 Å². The van der Waals surface area contributed by atoms with Crippen LogP contribution >= 0.6 is 23.4 Å². The van der Waals surface area contributed by atoms with E-state index < -0.39 is 0 Å². The highest BCUT2D eigenvalue weighted by Crippen LogP contribution is 2.26. The number of methoxy groups -OCH3 is 1. The first-order valence-corrected chi connectivity index (χ1v) is 10.0. The number of benzene rings is 2. The van der Waals surface area contributed by atoms with Crippen molar-refractivity contribution in [1.82, 2.24) is 19.7 Å². The molecular formula is C20H16ClN5O2S. The van der Waals surface area contributed by atoms with Crippen LogP contribution in [0.15, 0.2) is 66.1 Å². The molecule has 4 aromatic rings. The molecular weight excluding hydrogens is 410 g/mol. The van der Waals surface area contributed by atoms with Crippen molar-refractivity contribution >= 4 is 46.0 Å². The number of halogens is 1. The Kier molecular flexibility index (Phi) is 5.64. The molecule has 0 aliphatic carbocycles. The summed E-state index contributed by atoms with van der Waals surface area (Å²) in [5.74, 6) is 0.819. The average Bonchev–Trinajstić information content (AvgIpc) is 3.18. The number of carbonyl (C=O) groups excluding carboxylic acids is 1. The van der Waals surface area contributed by atoms with Gasteiger partial charge in [0.15, 0.2) is 5.65 Å². The molecule has 0 radical (unpaired) electrons. The summed E-state index contributed by atoms with van der Waals surface area (Å²) in [5, 5.41) is 9.40. The third-order valence-electron chi connectivity index (χ3n) is 4.11. The number of rotatable bonds is 6. The van der Waals surface area contributed by atoms with E-state index >= 15 is 0 Å². The molecule has 146 valence electrons. The van der Waals surface area contributed by atoms with Gasteiger partial charge in [0, 0.05) is 10.7 Å². The van der Waals surface area contributed by atoms with Crippen LogP contribution in [0.2, 0.25) is 5.02 Å². The molecule has 4 rings (SSSR count). The summed E-state index contributed by atoms with van der Waals surface area (Å²) in [6.07, 6.45) is 3.17. The second-order valence-corrected chi connectivity index (χ2v) is 7.41. The highest BCUT2D eigenvalue weighted by molar-refractivity contribution is 8.00. The van der Waals surface area contributed by atoms with Crippen molar-refractivity contribution in [3.8, 4) is 11.4 Å². The van der Waals surface area contributed by atoms with E-state index in [2.05, 4.69) is 20.4 Å². The van der Waals surface area contributed by atoms with Crippen molar-refractivity contribution in [2.75, 3.05) is 18.2 Å². The molecule has 0 saturated carbocycles. The number of thioether (sulfide) groups is 1. The average molecular weight is 426 g/mol. The van der Waals surface area contributed by atoms with Crippen LogP contribution in [0.3, 0.4) is 0 Å². The van der Waals surface area contributed by atoms with Crippen LogP contribution in [0, 0.1) is 0 Å². The summed E-state index contributed by atoms with van der Waals surface area (Å²) in [6, 6.07) is 14.5. The number of carbonyl (C=O) groups is 1. The molecule has 7 nitrogen and oxygen atoms in total. The lowest BCUT2D eigenvalue weighted by atomic mass is 10.3. The van der Waals surface area contributed by atoms with Crippen molar-refractivity contribution in [1.29, 1.82) is 0 Å². The Morgan fingerprint density at radius 3 is 2.62 bits per heavy atom. The Balaban J connectivity index is 1.48. The molecule has 0 unspecified atom stereocenters. The standard InChI is InChI=1S/C20H16ClN5O2S/c1-28-16-8-4-14(5-9-16)25-18(27)11-29-20-17-10-24-26(19(17)22-12-23-20)15-6-2-13(21)3-7-15/h2-10,12H,11H2,1H3,(H,25,27). The Morgan fingerprint density at radius 1 is 1.14 bits per heavy atom. The van der Waals surface area contributed by atoms with Crippen LogP contribution in [0.25, 0.3) is 16.7 Å². The molecule has 1 N–H and O–H groups in total. The maximum atomic E-state index is 12.3. The van der Waals surface area contributed by atoms with E-state index in [-0.39, 0.29) is 11.7 Å². The van der Waals surface area contributed by atoms with Crippen LogP contribution in [0.1, 0.15) is 0 Å². The van der Waals surface area contributed by atoms with Gasteiger partial charge in [0.1, 0.15) is 17.1 Å². The van der Waals surface area contributed by atoms with Gasteiger partial charge in [0.25, 0.3) is 0 Å². The van der Waals surface area contributed by atoms with Crippen LogP contribution in [-0.4, -0.2) is 38.5 Å². The highest BCUT2D eigenvalue weighted by Gasteiger charge is 2.13. The second kappa shape index (κ2) is 8.50. The third kappa shape index (κ3) is 4.33. The van der Waals surface area contributed by atoms with E-state index in [1.54, 1.807) is 54.4 Å². The van der Waals surface area contributed by atoms with Crippen molar-refractivity contribution in [3.63, 3.8) is 0 Å². The molecule has 0 saturated heterocycles. The van der Waals surface area contributed by atoms with Crippen molar-refractivity contribution < 1.29 is 9.53 Å². The number of hydrogen-bond acceptors (Lipinski definition) is 6. The predicted molar refractivity (Wildman–Crippen MR) is 114 cm³/mol. The van der Waals surface area contributed by atoms with Gasteiger partial charge in [-0.05, 0) is 48.5 Å². The van der Waals surface area contributed by atoms with Gasteiger partial charge < -0.3 is 10.1 Å². The zero-order chi connectivity index (χ0) is 20.2. The van der Waals surface area contributed by atoms with Gasteiger partial charge in [-0.15, -0.1) is 0 Å². The first-order valence-electron chi connectivity index (χ1n) is 8.65. The summed E-state index contributed by atoms with van der Waals surface area (Å²) in [4.78, 5) is 20.9. The van der Waals surface area contributed by atoms with Crippen molar-refractivity contribution in [2.24, 2.45) is 0 Å². The molecule has 0 spiro atoms. The Bertz CT molecular complexity index is 1150. The van der Waals surface area contributed by atoms with E-state index in [9.17, 15) is 4.79 Å². The van der Waals surface area contributed by atoms with E-state index in [1.807, 2.05) is 12.1 Å². The van der Waals surface area contributed by atoms with Crippen molar-refractivity contribution in [2.45, 2.75) is 5.03 Å². The minimum Gasteiger partial charge on any atom is -0.497 e. The van der Waals surface area contributed by atoms with E-state index in [0.717, 1.165) is 16.8 Å². The monoisotopic (exact) mass is 425 g/mol. The summed E-state index contributed by atoms with van der Waals surface area (Å²) in [7, 11) is 1.60. The summed E-state index contributed by atoms with van der Waals surface area (Å²) < 4.78 is 6.83. The third-order valence-corrected chi connectivity index (χ3v) is 5.37. The Hall–Kier alpha value is -3.10. The van der Waals surface area contributed by atoms with E-state index in [4.69, 9.17) is 16.3 Å². The number of fused-ring (bicyclic) bond motifs is 1. The number of nitrogens with zero attached hydrogens (tertiary/aromatic N) is 4. The minimum atomic E-state index is -0.128.